The second kappa shape index (κ2) is 6.77. The minimum Gasteiger partial charge on any atom is -0.405 e. The molecule has 0 aliphatic heterocycles. The number of alkyl halides is 3. The average Bonchev–Trinajstić information content (AvgIpc) is 2.35. The molecule has 1 unspecified atom stereocenters. The molecule has 3 nitrogen and oxygen atoms in total. The Morgan fingerprint density at radius 2 is 1.79 bits per heavy atom. The van der Waals surface area contributed by atoms with E-state index < -0.39 is 6.36 Å². The molecule has 0 aliphatic rings. The van der Waals surface area contributed by atoms with Crippen molar-refractivity contribution in [3.63, 3.8) is 0 Å². The molecule has 0 amide bonds. The number of benzene rings is 1. The minimum atomic E-state index is -4.71. The first-order chi connectivity index (χ1) is 8.92. The van der Waals surface area contributed by atoms with Gasteiger partial charge in [-0.15, -0.1) is 13.2 Å². The maximum atomic E-state index is 12.4. The average molecular weight is 276 g/mol. The molecule has 19 heavy (non-hydrogen) atoms. The van der Waals surface area contributed by atoms with Crippen molar-refractivity contribution in [3.8, 4) is 5.75 Å². The number of rotatable bonds is 6. The maximum Gasteiger partial charge on any atom is 0.573 e. The summed E-state index contributed by atoms with van der Waals surface area (Å²) >= 11 is 0. The molecule has 0 aliphatic carbocycles. The highest BCUT2D eigenvalue weighted by molar-refractivity contribution is 5.36. The first-order valence-electron chi connectivity index (χ1n) is 6.23. The molecule has 0 radical (unpaired) electrons. The molecule has 1 atom stereocenters. The van der Waals surface area contributed by atoms with E-state index in [0.29, 0.717) is 5.56 Å². The lowest BCUT2D eigenvalue weighted by molar-refractivity contribution is -0.275. The zero-order chi connectivity index (χ0) is 14.5. The van der Waals surface area contributed by atoms with Gasteiger partial charge in [0.15, 0.2) is 0 Å². The number of nitrogens with two attached hydrogens (primary N) is 1. The SMILES string of the molecule is CCC(CC)C(NN)c1ccccc1OC(F)(F)F. The van der Waals surface area contributed by atoms with Crippen LogP contribution < -0.4 is 16.0 Å². The number of nitrogens with one attached hydrogen (secondary N) is 1. The molecule has 0 saturated carbocycles. The fourth-order valence-corrected chi connectivity index (χ4v) is 2.19. The van der Waals surface area contributed by atoms with Gasteiger partial charge in [0.1, 0.15) is 5.75 Å². The molecule has 3 N–H and O–H groups in total. The monoisotopic (exact) mass is 276 g/mol. The number of hydrazine groups is 1. The Hall–Kier alpha value is -1.27. The van der Waals surface area contributed by atoms with Gasteiger partial charge >= 0.3 is 6.36 Å². The first kappa shape index (κ1) is 15.8. The largest absolute Gasteiger partial charge is 0.573 e. The van der Waals surface area contributed by atoms with Gasteiger partial charge in [0, 0.05) is 5.56 Å². The van der Waals surface area contributed by atoms with Gasteiger partial charge in [-0.3, -0.25) is 11.3 Å². The summed E-state index contributed by atoms with van der Waals surface area (Å²) in [6, 6.07) is 5.71. The first-order valence-corrected chi connectivity index (χ1v) is 6.23. The van der Waals surface area contributed by atoms with Crippen LogP contribution in [0.25, 0.3) is 0 Å². The van der Waals surface area contributed by atoms with Crippen molar-refractivity contribution in [1.82, 2.24) is 5.43 Å². The highest BCUT2D eigenvalue weighted by atomic mass is 19.4. The van der Waals surface area contributed by atoms with Gasteiger partial charge in [0.05, 0.1) is 6.04 Å². The molecule has 0 saturated heterocycles. The predicted molar refractivity (Wildman–Crippen MR) is 67.3 cm³/mol. The number of hydrogen-bond acceptors (Lipinski definition) is 3. The third kappa shape index (κ3) is 4.40. The van der Waals surface area contributed by atoms with Crippen LogP contribution in [0.4, 0.5) is 13.2 Å². The van der Waals surface area contributed by atoms with E-state index in [1.165, 1.54) is 12.1 Å². The molecule has 108 valence electrons. The lowest BCUT2D eigenvalue weighted by atomic mass is 9.89. The Kier molecular flexibility index (Phi) is 5.62. The summed E-state index contributed by atoms with van der Waals surface area (Å²) in [4.78, 5) is 0. The van der Waals surface area contributed by atoms with Crippen molar-refractivity contribution in [2.24, 2.45) is 11.8 Å². The predicted octanol–water partition coefficient (Wildman–Crippen LogP) is 3.53. The Morgan fingerprint density at radius 1 is 1.21 bits per heavy atom. The Balaban J connectivity index is 3.09. The summed E-state index contributed by atoms with van der Waals surface area (Å²) in [6.07, 6.45) is -3.08. The van der Waals surface area contributed by atoms with Gasteiger partial charge < -0.3 is 4.74 Å². The van der Waals surface area contributed by atoms with E-state index in [1.54, 1.807) is 12.1 Å². The van der Waals surface area contributed by atoms with Crippen LogP contribution in [0.5, 0.6) is 5.75 Å². The number of halogens is 3. The molecular weight excluding hydrogens is 257 g/mol. The second-order valence-corrected chi connectivity index (χ2v) is 4.31. The third-order valence-electron chi connectivity index (χ3n) is 3.18. The quantitative estimate of drug-likeness (QED) is 0.617. The molecule has 0 bridgehead atoms. The summed E-state index contributed by atoms with van der Waals surface area (Å²) in [5.41, 5.74) is 3.03. The van der Waals surface area contributed by atoms with Crippen LogP contribution in [0.3, 0.4) is 0 Å². The van der Waals surface area contributed by atoms with Gasteiger partial charge in [-0.2, -0.15) is 0 Å². The molecule has 0 fully saturated rings. The van der Waals surface area contributed by atoms with E-state index in [4.69, 9.17) is 5.84 Å². The molecular formula is C13H19F3N2O. The van der Waals surface area contributed by atoms with Crippen molar-refractivity contribution in [2.45, 2.75) is 39.1 Å². The van der Waals surface area contributed by atoms with E-state index in [1.807, 2.05) is 13.8 Å². The highest BCUT2D eigenvalue weighted by Gasteiger charge is 2.33. The van der Waals surface area contributed by atoms with Gasteiger partial charge in [-0.05, 0) is 12.0 Å². The van der Waals surface area contributed by atoms with Crippen molar-refractivity contribution < 1.29 is 17.9 Å². The Morgan fingerprint density at radius 3 is 2.26 bits per heavy atom. The summed E-state index contributed by atoms with van der Waals surface area (Å²) in [5, 5.41) is 0. The molecule has 1 aromatic carbocycles. The number of ether oxygens (including phenoxy) is 1. The molecule has 0 aromatic heterocycles. The van der Waals surface area contributed by atoms with Crippen LogP contribution in [-0.4, -0.2) is 6.36 Å². The lowest BCUT2D eigenvalue weighted by Crippen LogP contribution is -2.34. The highest BCUT2D eigenvalue weighted by Crippen LogP contribution is 2.35. The van der Waals surface area contributed by atoms with E-state index >= 15 is 0 Å². The molecule has 6 heteroatoms. The minimum absolute atomic E-state index is 0.142. The van der Waals surface area contributed by atoms with Crippen LogP contribution in [0.2, 0.25) is 0 Å². The van der Waals surface area contributed by atoms with Crippen LogP contribution >= 0.6 is 0 Å². The number of para-hydroxylation sites is 1. The fraction of sp³-hybridized carbons (Fsp3) is 0.538. The summed E-state index contributed by atoms with van der Waals surface area (Å²) in [7, 11) is 0. The standard InChI is InChI=1S/C13H19F3N2O/c1-3-9(4-2)12(18-17)10-7-5-6-8-11(10)19-13(14,15)16/h5-9,12,18H,3-4,17H2,1-2H3. The van der Waals surface area contributed by atoms with Gasteiger partial charge in [0.2, 0.25) is 0 Å². The van der Waals surface area contributed by atoms with E-state index in [0.717, 1.165) is 12.8 Å². The van der Waals surface area contributed by atoms with Crippen LogP contribution in [0.15, 0.2) is 24.3 Å². The Labute approximate surface area is 110 Å². The van der Waals surface area contributed by atoms with E-state index in [-0.39, 0.29) is 17.7 Å². The Bertz CT molecular complexity index is 392. The summed E-state index contributed by atoms with van der Waals surface area (Å²) < 4.78 is 41.2. The van der Waals surface area contributed by atoms with Gasteiger partial charge in [-0.1, -0.05) is 44.9 Å². The normalized spacial score (nSPS) is 13.6. The van der Waals surface area contributed by atoms with Crippen LogP contribution in [0, 0.1) is 5.92 Å². The van der Waals surface area contributed by atoms with Crippen molar-refractivity contribution in [1.29, 1.82) is 0 Å². The maximum absolute atomic E-state index is 12.4. The van der Waals surface area contributed by atoms with Crippen molar-refractivity contribution >= 4 is 0 Å². The van der Waals surface area contributed by atoms with E-state index in [9.17, 15) is 13.2 Å². The van der Waals surface area contributed by atoms with Crippen molar-refractivity contribution in [3.05, 3.63) is 29.8 Å². The summed E-state index contributed by atoms with van der Waals surface area (Å²) in [5.74, 6) is 5.44. The molecule has 1 aromatic rings. The van der Waals surface area contributed by atoms with Crippen molar-refractivity contribution in [2.75, 3.05) is 0 Å². The smallest absolute Gasteiger partial charge is 0.405 e. The van der Waals surface area contributed by atoms with Crippen LogP contribution in [0.1, 0.15) is 38.3 Å². The summed E-state index contributed by atoms with van der Waals surface area (Å²) in [6.45, 7) is 3.96. The van der Waals surface area contributed by atoms with Gasteiger partial charge in [-0.25, -0.2) is 0 Å². The topological polar surface area (TPSA) is 47.3 Å². The zero-order valence-electron chi connectivity index (χ0n) is 11.0. The van der Waals surface area contributed by atoms with Crippen LogP contribution in [-0.2, 0) is 0 Å². The molecule has 0 spiro atoms. The fourth-order valence-electron chi connectivity index (χ4n) is 2.19. The van der Waals surface area contributed by atoms with Gasteiger partial charge in [0.25, 0.3) is 0 Å². The zero-order valence-corrected chi connectivity index (χ0v) is 11.0. The third-order valence-corrected chi connectivity index (χ3v) is 3.18. The molecule has 0 heterocycles. The number of hydrogen-bond donors (Lipinski definition) is 2. The second-order valence-electron chi connectivity index (χ2n) is 4.31. The molecule has 1 rings (SSSR count). The lowest BCUT2D eigenvalue weighted by Gasteiger charge is -2.26. The van der Waals surface area contributed by atoms with E-state index in [2.05, 4.69) is 10.2 Å².